The molecular weight excluding hydrogens is 271 g/mol. The Hall–Kier alpha value is -0.850. The number of hydrogen-bond donors (Lipinski definition) is 0. The molecule has 2 rings (SSSR count). The van der Waals surface area contributed by atoms with Crippen molar-refractivity contribution < 1.29 is 4.39 Å². The number of hydrogen-bond acceptors (Lipinski definition) is 0. The molecule has 1 saturated carbocycles. The molecule has 1 fully saturated rings. The van der Waals surface area contributed by atoms with E-state index >= 15 is 0 Å². The summed E-state index contributed by atoms with van der Waals surface area (Å²) in [4.78, 5) is 0. The maximum absolute atomic E-state index is 13.2. The molecule has 0 N–H and O–H groups in total. The van der Waals surface area contributed by atoms with Crippen molar-refractivity contribution >= 4 is 0 Å². The Bertz CT molecular complexity index is 418. The third kappa shape index (κ3) is 6.10. The summed E-state index contributed by atoms with van der Waals surface area (Å²) in [6, 6.07) is 7.08. The molecule has 0 amide bonds. The van der Waals surface area contributed by atoms with E-state index in [0.717, 1.165) is 23.8 Å². The van der Waals surface area contributed by atoms with Crippen LogP contribution in [0.15, 0.2) is 24.3 Å². The van der Waals surface area contributed by atoms with Gasteiger partial charge in [0.1, 0.15) is 5.82 Å². The van der Waals surface area contributed by atoms with Gasteiger partial charge in [0.05, 0.1) is 0 Å². The lowest BCUT2D eigenvalue weighted by atomic mass is 9.78. The minimum Gasteiger partial charge on any atom is -0.207 e. The Morgan fingerprint density at radius 1 is 1.09 bits per heavy atom. The average molecular weight is 304 g/mol. The summed E-state index contributed by atoms with van der Waals surface area (Å²) in [5.41, 5.74) is 1.14. The molecule has 0 aliphatic heterocycles. The summed E-state index contributed by atoms with van der Waals surface area (Å²) < 4.78 is 13.2. The van der Waals surface area contributed by atoms with E-state index in [1.54, 1.807) is 6.07 Å². The number of halogens is 1. The highest BCUT2D eigenvalue weighted by atomic mass is 19.1. The van der Waals surface area contributed by atoms with Crippen LogP contribution < -0.4 is 0 Å². The molecule has 1 atom stereocenters. The molecule has 22 heavy (non-hydrogen) atoms. The zero-order valence-corrected chi connectivity index (χ0v) is 14.5. The molecule has 1 heteroatoms. The first kappa shape index (κ1) is 17.5. The van der Waals surface area contributed by atoms with Gasteiger partial charge < -0.3 is 0 Å². The van der Waals surface area contributed by atoms with Crippen molar-refractivity contribution in [2.24, 2.45) is 17.8 Å². The van der Waals surface area contributed by atoms with Crippen LogP contribution in [0.2, 0.25) is 0 Å². The van der Waals surface area contributed by atoms with Crippen molar-refractivity contribution in [3.63, 3.8) is 0 Å². The lowest BCUT2D eigenvalue weighted by molar-refractivity contribution is 0.252. The summed E-state index contributed by atoms with van der Waals surface area (Å²) in [6.07, 6.45) is 13.7. The molecule has 1 unspecified atom stereocenters. The Kier molecular flexibility index (Phi) is 7.42. The van der Waals surface area contributed by atoms with Gasteiger partial charge in [0, 0.05) is 0 Å². The van der Waals surface area contributed by atoms with Crippen LogP contribution in [0.1, 0.15) is 77.2 Å². The second kappa shape index (κ2) is 9.33. The fourth-order valence-corrected chi connectivity index (χ4v) is 4.02. The molecule has 1 aliphatic rings. The predicted octanol–water partition coefficient (Wildman–Crippen LogP) is 6.78. The minimum atomic E-state index is -0.104. The molecule has 0 spiro atoms. The van der Waals surface area contributed by atoms with E-state index in [0.29, 0.717) is 5.92 Å². The fourth-order valence-electron chi connectivity index (χ4n) is 4.02. The van der Waals surface area contributed by atoms with Crippen molar-refractivity contribution in [3.05, 3.63) is 35.6 Å². The second-order valence-corrected chi connectivity index (χ2v) is 7.52. The zero-order chi connectivity index (χ0) is 15.8. The van der Waals surface area contributed by atoms with Gasteiger partial charge in [-0.15, -0.1) is 0 Å². The standard InChI is InChI=1S/C21H33F/c1-3-18-11-13-19(14-12-18)8-5-4-7-17(2)15-20-9-6-10-21(22)16-20/h6,9-10,16-19H,3-5,7-8,11-15H2,1-2H3. The first-order valence-electron chi connectivity index (χ1n) is 9.41. The summed E-state index contributed by atoms with van der Waals surface area (Å²) in [6.45, 7) is 4.64. The quantitative estimate of drug-likeness (QED) is 0.464. The lowest BCUT2D eigenvalue weighted by Gasteiger charge is -2.27. The van der Waals surface area contributed by atoms with E-state index < -0.39 is 0 Å². The van der Waals surface area contributed by atoms with Gasteiger partial charge in [-0.25, -0.2) is 4.39 Å². The Balaban J connectivity index is 1.56. The van der Waals surface area contributed by atoms with E-state index in [2.05, 4.69) is 13.8 Å². The van der Waals surface area contributed by atoms with Crippen LogP contribution in [0.3, 0.4) is 0 Å². The molecule has 0 aromatic heterocycles. The van der Waals surface area contributed by atoms with E-state index in [-0.39, 0.29) is 5.82 Å². The van der Waals surface area contributed by atoms with Crippen LogP contribution in [0, 0.1) is 23.6 Å². The summed E-state index contributed by atoms with van der Waals surface area (Å²) in [7, 11) is 0. The maximum Gasteiger partial charge on any atom is 0.123 e. The monoisotopic (exact) mass is 304 g/mol. The lowest BCUT2D eigenvalue weighted by Crippen LogP contribution is -2.13. The van der Waals surface area contributed by atoms with Crippen LogP contribution >= 0.6 is 0 Å². The van der Waals surface area contributed by atoms with E-state index in [1.807, 2.05) is 12.1 Å². The topological polar surface area (TPSA) is 0 Å². The first-order chi connectivity index (χ1) is 10.7. The minimum absolute atomic E-state index is 0.104. The van der Waals surface area contributed by atoms with Gasteiger partial charge in [-0.05, 0) is 41.9 Å². The van der Waals surface area contributed by atoms with Gasteiger partial charge in [-0.3, -0.25) is 0 Å². The molecule has 0 bridgehead atoms. The molecule has 1 aliphatic carbocycles. The van der Waals surface area contributed by atoms with Gasteiger partial charge in [0.25, 0.3) is 0 Å². The Labute approximate surface area is 136 Å². The highest BCUT2D eigenvalue weighted by Gasteiger charge is 2.19. The van der Waals surface area contributed by atoms with Crippen molar-refractivity contribution in [1.29, 1.82) is 0 Å². The zero-order valence-electron chi connectivity index (χ0n) is 14.5. The number of rotatable bonds is 8. The number of benzene rings is 1. The van der Waals surface area contributed by atoms with Crippen molar-refractivity contribution in [3.8, 4) is 0 Å². The predicted molar refractivity (Wildman–Crippen MR) is 93.5 cm³/mol. The van der Waals surface area contributed by atoms with Crippen LogP contribution in [0.25, 0.3) is 0 Å². The third-order valence-corrected chi connectivity index (χ3v) is 5.58. The van der Waals surface area contributed by atoms with Crippen molar-refractivity contribution in [2.45, 2.75) is 78.1 Å². The van der Waals surface area contributed by atoms with Gasteiger partial charge in [-0.1, -0.05) is 83.8 Å². The summed E-state index contributed by atoms with van der Waals surface area (Å²) in [5, 5.41) is 0. The van der Waals surface area contributed by atoms with Crippen LogP contribution in [-0.4, -0.2) is 0 Å². The molecule has 0 heterocycles. The number of unbranched alkanes of at least 4 members (excludes halogenated alkanes) is 1. The highest BCUT2D eigenvalue weighted by molar-refractivity contribution is 5.16. The molecule has 0 saturated heterocycles. The van der Waals surface area contributed by atoms with Gasteiger partial charge in [-0.2, -0.15) is 0 Å². The average Bonchev–Trinajstić information content (AvgIpc) is 2.52. The van der Waals surface area contributed by atoms with Gasteiger partial charge in [0.15, 0.2) is 0 Å². The Morgan fingerprint density at radius 3 is 2.50 bits per heavy atom. The first-order valence-corrected chi connectivity index (χ1v) is 9.41. The molecule has 0 radical (unpaired) electrons. The fraction of sp³-hybridized carbons (Fsp3) is 0.714. The van der Waals surface area contributed by atoms with Crippen LogP contribution in [-0.2, 0) is 6.42 Å². The molecule has 124 valence electrons. The van der Waals surface area contributed by atoms with Crippen molar-refractivity contribution in [2.75, 3.05) is 0 Å². The van der Waals surface area contributed by atoms with E-state index in [9.17, 15) is 4.39 Å². The molecule has 1 aromatic carbocycles. The summed E-state index contributed by atoms with van der Waals surface area (Å²) in [5.74, 6) is 2.58. The Morgan fingerprint density at radius 2 is 1.82 bits per heavy atom. The SMILES string of the molecule is CCC1CCC(CCCCC(C)Cc2cccc(F)c2)CC1. The normalized spacial score (nSPS) is 23.4. The van der Waals surface area contributed by atoms with Crippen LogP contribution in [0.5, 0.6) is 0 Å². The van der Waals surface area contributed by atoms with Crippen molar-refractivity contribution in [1.82, 2.24) is 0 Å². The maximum atomic E-state index is 13.2. The molecular formula is C21H33F. The highest BCUT2D eigenvalue weighted by Crippen LogP contribution is 2.33. The smallest absolute Gasteiger partial charge is 0.123 e. The van der Waals surface area contributed by atoms with Gasteiger partial charge in [0.2, 0.25) is 0 Å². The van der Waals surface area contributed by atoms with Crippen LogP contribution in [0.4, 0.5) is 4.39 Å². The largest absolute Gasteiger partial charge is 0.207 e. The third-order valence-electron chi connectivity index (χ3n) is 5.58. The van der Waals surface area contributed by atoms with Gasteiger partial charge >= 0.3 is 0 Å². The second-order valence-electron chi connectivity index (χ2n) is 7.52. The molecule has 1 aromatic rings. The van der Waals surface area contributed by atoms with E-state index in [4.69, 9.17) is 0 Å². The molecule has 0 nitrogen and oxygen atoms in total. The summed E-state index contributed by atoms with van der Waals surface area (Å²) >= 11 is 0. The van der Waals surface area contributed by atoms with E-state index in [1.165, 1.54) is 63.9 Å².